The zero-order valence-electron chi connectivity index (χ0n) is 9.48. The molecule has 1 aromatic rings. The van der Waals surface area contributed by atoms with E-state index in [1.54, 1.807) is 0 Å². The average Bonchev–Trinajstić information content (AvgIpc) is 2.27. The van der Waals surface area contributed by atoms with Gasteiger partial charge in [0.05, 0.1) is 12.7 Å². The lowest BCUT2D eigenvalue weighted by molar-refractivity contribution is -0.692. The molecule has 0 fully saturated rings. The summed E-state index contributed by atoms with van der Waals surface area (Å²) in [7, 11) is 0. The quantitative estimate of drug-likeness (QED) is 0.380. The summed E-state index contributed by atoms with van der Waals surface area (Å²) in [6.07, 6.45) is 7.47. The van der Waals surface area contributed by atoms with Crippen LogP contribution in [0.4, 0.5) is 0 Å². The summed E-state index contributed by atoms with van der Waals surface area (Å²) in [6.45, 7) is 7.52. The van der Waals surface area contributed by atoms with Crippen molar-refractivity contribution in [2.45, 2.75) is 32.7 Å². The van der Waals surface area contributed by atoms with Crippen LogP contribution in [-0.4, -0.2) is 6.61 Å². The topological polar surface area (TPSA) is 13.1 Å². The molecule has 0 saturated heterocycles. The van der Waals surface area contributed by atoms with Crippen LogP contribution in [0.25, 0.3) is 0 Å². The highest BCUT2D eigenvalue weighted by Gasteiger charge is 2.07. The minimum absolute atomic E-state index is 0.796. The fourth-order valence-electron chi connectivity index (χ4n) is 1.41. The molecule has 2 nitrogen and oxygen atoms in total. The van der Waals surface area contributed by atoms with Crippen LogP contribution in [0, 0.1) is 0 Å². The molecule has 0 saturated carbocycles. The van der Waals surface area contributed by atoms with E-state index in [4.69, 9.17) is 4.74 Å². The lowest BCUT2D eigenvalue weighted by atomic mass is 10.3. The van der Waals surface area contributed by atoms with Crippen LogP contribution >= 0.6 is 0 Å². The van der Waals surface area contributed by atoms with Crippen molar-refractivity contribution in [3.05, 3.63) is 37.1 Å². The van der Waals surface area contributed by atoms with E-state index < -0.39 is 0 Å². The van der Waals surface area contributed by atoms with Crippen molar-refractivity contribution in [1.82, 2.24) is 0 Å². The molecule has 0 aliphatic rings. The molecule has 0 aliphatic heterocycles. The van der Waals surface area contributed by atoms with E-state index in [9.17, 15) is 0 Å². The van der Waals surface area contributed by atoms with E-state index in [0.717, 1.165) is 25.5 Å². The maximum absolute atomic E-state index is 5.71. The van der Waals surface area contributed by atoms with E-state index in [-0.39, 0.29) is 0 Å². The van der Waals surface area contributed by atoms with Crippen LogP contribution in [0.2, 0.25) is 0 Å². The van der Waals surface area contributed by atoms with Gasteiger partial charge in [0.25, 0.3) is 0 Å². The highest BCUT2D eigenvalue weighted by molar-refractivity contribution is 5.02. The summed E-state index contributed by atoms with van der Waals surface area (Å²) in [6, 6.07) is 5.99. The maximum Gasteiger partial charge on any atom is 0.368 e. The van der Waals surface area contributed by atoms with Crippen LogP contribution in [-0.2, 0) is 6.54 Å². The summed E-state index contributed by atoms with van der Waals surface area (Å²) in [5, 5.41) is 0. The molecule has 1 aromatic heterocycles. The van der Waals surface area contributed by atoms with Gasteiger partial charge in [-0.1, -0.05) is 26.3 Å². The number of hydrogen-bond acceptors (Lipinski definition) is 1. The standard InChI is InChI=1S/C13H20NO/c1-3-5-8-12-15-13-9-6-7-11-14(13)10-4-2/h4,6-7,9,11H,2-3,5,8,10,12H2,1H3/q+1. The summed E-state index contributed by atoms with van der Waals surface area (Å²) in [4.78, 5) is 0. The zero-order chi connectivity index (χ0) is 10.9. The van der Waals surface area contributed by atoms with Gasteiger partial charge in [-0.15, -0.1) is 0 Å². The first-order valence-electron chi connectivity index (χ1n) is 5.60. The molecule has 0 N–H and O–H groups in total. The minimum atomic E-state index is 0.796. The SMILES string of the molecule is C=CC[n+]1ccccc1OCCCCC. The number of ether oxygens (including phenoxy) is 1. The van der Waals surface area contributed by atoms with Gasteiger partial charge in [-0.05, 0) is 18.6 Å². The Balaban J connectivity index is 2.47. The number of pyridine rings is 1. The number of allylic oxidation sites excluding steroid dienone is 1. The first-order valence-corrected chi connectivity index (χ1v) is 5.60. The zero-order valence-corrected chi connectivity index (χ0v) is 9.48. The van der Waals surface area contributed by atoms with Gasteiger partial charge in [0, 0.05) is 6.07 Å². The van der Waals surface area contributed by atoms with Crippen LogP contribution in [0.3, 0.4) is 0 Å². The van der Waals surface area contributed by atoms with E-state index in [1.165, 1.54) is 12.8 Å². The second-order valence-corrected chi connectivity index (χ2v) is 3.54. The Labute approximate surface area is 92.2 Å². The van der Waals surface area contributed by atoms with Gasteiger partial charge in [0.2, 0.25) is 0 Å². The normalized spacial score (nSPS) is 9.93. The van der Waals surface area contributed by atoms with Gasteiger partial charge >= 0.3 is 5.88 Å². The summed E-state index contributed by atoms with van der Waals surface area (Å²) in [5.74, 6) is 0.925. The first-order chi connectivity index (χ1) is 7.38. The van der Waals surface area contributed by atoms with Crippen molar-refractivity contribution < 1.29 is 9.30 Å². The van der Waals surface area contributed by atoms with Crippen LogP contribution < -0.4 is 9.30 Å². The Bertz CT molecular complexity index is 296. The van der Waals surface area contributed by atoms with Crippen LogP contribution in [0.15, 0.2) is 37.1 Å². The predicted octanol–water partition coefficient (Wildman–Crippen LogP) is 2.73. The Morgan fingerprint density at radius 3 is 3.00 bits per heavy atom. The molecule has 0 spiro atoms. The third kappa shape index (κ3) is 4.15. The largest absolute Gasteiger partial charge is 0.444 e. The number of hydrogen-bond donors (Lipinski definition) is 0. The Kier molecular flexibility index (Phi) is 5.52. The molecule has 1 rings (SSSR count). The fourth-order valence-corrected chi connectivity index (χ4v) is 1.41. The molecule has 0 bridgehead atoms. The second kappa shape index (κ2) is 7.04. The first kappa shape index (κ1) is 11.8. The van der Waals surface area contributed by atoms with Gasteiger partial charge < -0.3 is 4.74 Å². The van der Waals surface area contributed by atoms with E-state index >= 15 is 0 Å². The second-order valence-electron chi connectivity index (χ2n) is 3.54. The monoisotopic (exact) mass is 206 g/mol. The average molecular weight is 206 g/mol. The molecule has 82 valence electrons. The molecule has 0 radical (unpaired) electrons. The lowest BCUT2D eigenvalue weighted by Gasteiger charge is -2.03. The van der Waals surface area contributed by atoms with Gasteiger partial charge in [-0.25, -0.2) is 0 Å². The molecule has 0 aliphatic carbocycles. The van der Waals surface area contributed by atoms with Crippen LogP contribution in [0.5, 0.6) is 5.88 Å². The lowest BCUT2D eigenvalue weighted by Crippen LogP contribution is -2.34. The van der Waals surface area contributed by atoms with Gasteiger partial charge in [-0.2, -0.15) is 4.57 Å². The third-order valence-corrected chi connectivity index (χ3v) is 2.22. The summed E-state index contributed by atoms with van der Waals surface area (Å²) >= 11 is 0. The maximum atomic E-state index is 5.71. The van der Waals surface area contributed by atoms with Crippen molar-refractivity contribution in [2.24, 2.45) is 0 Å². The van der Waals surface area contributed by atoms with Crippen molar-refractivity contribution in [1.29, 1.82) is 0 Å². The summed E-state index contributed by atoms with van der Waals surface area (Å²) in [5.41, 5.74) is 0. The predicted molar refractivity (Wildman–Crippen MR) is 61.9 cm³/mol. The summed E-state index contributed by atoms with van der Waals surface area (Å²) < 4.78 is 7.76. The van der Waals surface area contributed by atoms with Crippen LogP contribution in [0.1, 0.15) is 26.2 Å². The molecule has 1 heterocycles. The smallest absolute Gasteiger partial charge is 0.368 e. The van der Waals surface area contributed by atoms with Crippen molar-refractivity contribution >= 4 is 0 Å². The van der Waals surface area contributed by atoms with Crippen molar-refractivity contribution in [3.63, 3.8) is 0 Å². The van der Waals surface area contributed by atoms with Gasteiger partial charge in [-0.3, -0.25) is 0 Å². The molecular formula is C13H20NO+. The molecule has 0 unspecified atom stereocenters. The fraction of sp³-hybridized carbons (Fsp3) is 0.462. The highest BCUT2D eigenvalue weighted by atomic mass is 16.5. The number of aromatic nitrogens is 1. The molecule has 0 amide bonds. The molecule has 2 heteroatoms. The number of unbranched alkanes of at least 4 members (excludes halogenated alkanes) is 2. The van der Waals surface area contributed by atoms with E-state index in [0.29, 0.717) is 0 Å². The van der Waals surface area contributed by atoms with Crippen molar-refractivity contribution in [3.8, 4) is 5.88 Å². The number of rotatable bonds is 7. The van der Waals surface area contributed by atoms with E-state index in [2.05, 4.69) is 18.1 Å². The third-order valence-electron chi connectivity index (χ3n) is 2.22. The van der Waals surface area contributed by atoms with Gasteiger partial charge in [0.1, 0.15) is 0 Å². The van der Waals surface area contributed by atoms with E-state index in [1.807, 2.05) is 30.5 Å². The molecule has 0 aromatic carbocycles. The molecule has 15 heavy (non-hydrogen) atoms. The van der Waals surface area contributed by atoms with Crippen molar-refractivity contribution in [2.75, 3.05) is 6.61 Å². The molecule has 0 atom stereocenters. The Hall–Kier alpha value is -1.31. The Morgan fingerprint density at radius 1 is 1.40 bits per heavy atom. The molecular weight excluding hydrogens is 186 g/mol. The van der Waals surface area contributed by atoms with Gasteiger partial charge in [0.15, 0.2) is 12.7 Å². The highest BCUT2D eigenvalue weighted by Crippen LogP contribution is 2.03. The minimum Gasteiger partial charge on any atom is -0.444 e. The Morgan fingerprint density at radius 2 is 2.27 bits per heavy atom. The number of nitrogens with zero attached hydrogens (tertiary/aromatic N) is 1.